The molecule has 8 heteroatoms. The van der Waals surface area contributed by atoms with Crippen LogP contribution in [0.15, 0.2) is 53.3 Å². The fourth-order valence-corrected chi connectivity index (χ4v) is 4.53. The second kappa shape index (κ2) is 6.51. The lowest BCUT2D eigenvalue weighted by molar-refractivity contribution is 0.603. The van der Waals surface area contributed by atoms with Crippen molar-refractivity contribution in [3.8, 4) is 0 Å². The molecular weight excluding hydrogens is 332 g/mol. The minimum absolute atomic E-state index is 0.324. The van der Waals surface area contributed by atoms with Gasteiger partial charge in [0.2, 0.25) is 0 Å². The Morgan fingerprint density at radius 1 is 1.22 bits per heavy atom. The summed E-state index contributed by atoms with van der Waals surface area (Å²) in [6.07, 6.45) is 3.87. The quantitative estimate of drug-likeness (QED) is 0.743. The van der Waals surface area contributed by atoms with E-state index in [1.165, 1.54) is 17.7 Å². The van der Waals surface area contributed by atoms with Crippen molar-refractivity contribution in [1.29, 1.82) is 0 Å². The van der Waals surface area contributed by atoms with Gasteiger partial charge >= 0.3 is 0 Å². The van der Waals surface area contributed by atoms with Gasteiger partial charge in [-0.25, -0.2) is 18.1 Å². The lowest BCUT2D eigenvalue weighted by Crippen LogP contribution is -2.14. The third-order valence-corrected chi connectivity index (χ3v) is 6.40. The van der Waals surface area contributed by atoms with Crippen LogP contribution in [0.4, 0.5) is 5.69 Å². The van der Waals surface area contributed by atoms with Crippen LogP contribution in [0.3, 0.4) is 0 Å². The van der Waals surface area contributed by atoms with Gasteiger partial charge < -0.3 is 0 Å². The first kappa shape index (κ1) is 15.7. The number of thiophene rings is 1. The van der Waals surface area contributed by atoms with Gasteiger partial charge in [0, 0.05) is 4.88 Å². The molecule has 2 heterocycles. The fourth-order valence-electron chi connectivity index (χ4n) is 2.13. The summed E-state index contributed by atoms with van der Waals surface area (Å²) in [6.45, 7) is 2.45. The van der Waals surface area contributed by atoms with E-state index in [2.05, 4.69) is 14.8 Å². The molecule has 0 fully saturated rings. The summed E-state index contributed by atoms with van der Waals surface area (Å²) >= 11 is 1.29. The van der Waals surface area contributed by atoms with E-state index in [9.17, 15) is 8.42 Å². The summed E-state index contributed by atoms with van der Waals surface area (Å²) in [4.78, 5) is 4.94. The zero-order valence-electron chi connectivity index (χ0n) is 12.5. The van der Waals surface area contributed by atoms with Crippen molar-refractivity contribution in [1.82, 2.24) is 14.8 Å². The lowest BCUT2D eigenvalue weighted by atomic mass is 10.2. The predicted octanol–water partition coefficient (Wildman–Crippen LogP) is 2.75. The number of nitrogens with one attached hydrogen (secondary N) is 1. The molecule has 0 aliphatic carbocycles. The van der Waals surface area contributed by atoms with Gasteiger partial charge in [0.25, 0.3) is 10.0 Å². The normalized spacial score (nSPS) is 11.5. The molecule has 2 aromatic heterocycles. The zero-order chi connectivity index (χ0) is 16.3. The first-order chi connectivity index (χ1) is 11.1. The molecule has 0 saturated carbocycles. The Morgan fingerprint density at radius 3 is 2.74 bits per heavy atom. The molecule has 3 rings (SSSR count). The molecule has 0 aliphatic heterocycles. The third kappa shape index (κ3) is 3.59. The molecule has 1 N–H and O–H groups in total. The van der Waals surface area contributed by atoms with E-state index in [1.54, 1.807) is 29.2 Å². The van der Waals surface area contributed by atoms with Crippen molar-refractivity contribution < 1.29 is 8.42 Å². The van der Waals surface area contributed by atoms with Crippen molar-refractivity contribution >= 4 is 27.0 Å². The average molecular weight is 348 g/mol. The number of benzene rings is 1. The Kier molecular flexibility index (Phi) is 4.44. The van der Waals surface area contributed by atoms with E-state index >= 15 is 0 Å². The summed E-state index contributed by atoms with van der Waals surface area (Å²) in [6, 6.07) is 10.8. The maximum atomic E-state index is 12.6. The van der Waals surface area contributed by atoms with E-state index in [0.717, 1.165) is 16.9 Å². The van der Waals surface area contributed by atoms with E-state index < -0.39 is 10.0 Å². The number of aryl methyl sites for hydroxylation is 1. The molecule has 0 unspecified atom stereocenters. The molecule has 0 bridgehead atoms. The lowest BCUT2D eigenvalue weighted by Gasteiger charge is -2.11. The highest BCUT2D eigenvalue weighted by Crippen LogP contribution is 2.26. The second-order valence-corrected chi connectivity index (χ2v) is 8.01. The summed E-state index contributed by atoms with van der Waals surface area (Å²) in [5.41, 5.74) is 1.38. The Balaban J connectivity index is 1.87. The topological polar surface area (TPSA) is 76.9 Å². The molecule has 120 valence electrons. The standard InChI is InChI=1S/C15H16N4O2S2/c1-2-13-7-8-15(22-13)23(20,21)18-14-6-4-3-5-12(14)9-19-11-16-10-17-19/h3-8,10-11,18H,2,9H2,1H3. The number of hydrogen-bond donors (Lipinski definition) is 1. The van der Waals surface area contributed by atoms with Crippen molar-refractivity contribution in [3.05, 3.63) is 59.5 Å². The molecule has 1 aromatic carbocycles. The maximum Gasteiger partial charge on any atom is 0.271 e. The van der Waals surface area contributed by atoms with Crippen LogP contribution < -0.4 is 4.72 Å². The van der Waals surface area contributed by atoms with E-state index in [0.29, 0.717) is 16.4 Å². The van der Waals surface area contributed by atoms with Crippen molar-refractivity contribution in [2.24, 2.45) is 0 Å². The molecule has 0 spiro atoms. The van der Waals surface area contributed by atoms with E-state index in [4.69, 9.17) is 0 Å². The highest BCUT2D eigenvalue weighted by molar-refractivity contribution is 7.94. The van der Waals surface area contributed by atoms with Crippen LogP contribution in [0.5, 0.6) is 0 Å². The predicted molar refractivity (Wildman–Crippen MR) is 90.1 cm³/mol. The molecule has 3 aromatic rings. The molecule has 23 heavy (non-hydrogen) atoms. The minimum Gasteiger partial charge on any atom is -0.279 e. The number of aromatic nitrogens is 3. The number of nitrogens with zero attached hydrogens (tertiary/aromatic N) is 3. The molecule has 0 atom stereocenters. The Labute approximate surface area is 138 Å². The Morgan fingerprint density at radius 2 is 2.04 bits per heavy atom. The molecule has 0 radical (unpaired) electrons. The van der Waals surface area contributed by atoms with Crippen molar-refractivity contribution in [3.63, 3.8) is 0 Å². The summed E-state index contributed by atoms with van der Waals surface area (Å²) in [5, 5.41) is 4.05. The summed E-state index contributed by atoms with van der Waals surface area (Å²) < 4.78 is 29.7. The van der Waals surface area contributed by atoms with E-state index in [1.807, 2.05) is 25.1 Å². The van der Waals surface area contributed by atoms with Crippen LogP contribution in [0.25, 0.3) is 0 Å². The van der Waals surface area contributed by atoms with Gasteiger partial charge in [-0.15, -0.1) is 11.3 Å². The largest absolute Gasteiger partial charge is 0.279 e. The first-order valence-corrected chi connectivity index (χ1v) is 9.40. The van der Waals surface area contributed by atoms with Crippen LogP contribution in [0.1, 0.15) is 17.4 Å². The molecule has 0 amide bonds. The van der Waals surface area contributed by atoms with E-state index in [-0.39, 0.29) is 0 Å². The second-order valence-electron chi connectivity index (χ2n) is 4.93. The highest BCUT2D eigenvalue weighted by Gasteiger charge is 2.18. The van der Waals surface area contributed by atoms with Gasteiger partial charge in [0.05, 0.1) is 12.2 Å². The van der Waals surface area contributed by atoms with Crippen molar-refractivity contribution in [2.75, 3.05) is 4.72 Å². The van der Waals surface area contributed by atoms with Crippen molar-refractivity contribution in [2.45, 2.75) is 24.1 Å². The highest BCUT2D eigenvalue weighted by atomic mass is 32.2. The van der Waals surface area contributed by atoms with Gasteiger partial charge in [-0.05, 0) is 30.2 Å². The fraction of sp³-hybridized carbons (Fsp3) is 0.200. The smallest absolute Gasteiger partial charge is 0.271 e. The van der Waals surface area contributed by atoms with Crippen LogP contribution in [-0.2, 0) is 23.0 Å². The monoisotopic (exact) mass is 348 g/mol. The number of sulfonamides is 1. The van der Waals surface area contributed by atoms with Crippen LogP contribution in [0.2, 0.25) is 0 Å². The van der Waals surface area contributed by atoms with Gasteiger partial charge in [-0.1, -0.05) is 25.1 Å². The molecule has 0 saturated heterocycles. The van der Waals surface area contributed by atoms with Crippen LogP contribution >= 0.6 is 11.3 Å². The molecular formula is C15H16N4O2S2. The maximum absolute atomic E-state index is 12.6. The Bertz CT molecular complexity index is 886. The average Bonchev–Trinajstić information content (AvgIpc) is 3.20. The summed E-state index contributed by atoms with van der Waals surface area (Å²) in [7, 11) is -3.58. The Hall–Kier alpha value is -2.19. The summed E-state index contributed by atoms with van der Waals surface area (Å²) in [5.74, 6) is 0. The number of rotatable bonds is 6. The number of hydrogen-bond acceptors (Lipinski definition) is 5. The van der Waals surface area contributed by atoms with Gasteiger partial charge in [0.1, 0.15) is 16.9 Å². The third-order valence-electron chi connectivity index (χ3n) is 3.31. The van der Waals surface area contributed by atoms with Crippen LogP contribution in [0, 0.1) is 0 Å². The molecule has 0 aliphatic rings. The van der Waals surface area contributed by atoms with Gasteiger partial charge in [-0.3, -0.25) is 4.72 Å². The number of anilines is 1. The van der Waals surface area contributed by atoms with Gasteiger partial charge in [0.15, 0.2) is 0 Å². The first-order valence-electron chi connectivity index (χ1n) is 7.10. The zero-order valence-corrected chi connectivity index (χ0v) is 14.1. The van der Waals surface area contributed by atoms with Gasteiger partial charge in [-0.2, -0.15) is 5.10 Å². The SMILES string of the molecule is CCc1ccc(S(=O)(=O)Nc2ccccc2Cn2cncn2)s1. The minimum atomic E-state index is -3.58. The van der Waals surface area contributed by atoms with Crippen LogP contribution in [-0.4, -0.2) is 23.2 Å². The molecule has 6 nitrogen and oxygen atoms in total. The number of para-hydroxylation sites is 1.